The lowest BCUT2D eigenvalue weighted by molar-refractivity contribution is -0.116. The number of amides is 1. The van der Waals surface area contributed by atoms with E-state index in [2.05, 4.69) is 18.9 Å². The second-order valence-electron chi connectivity index (χ2n) is 4.60. The van der Waals surface area contributed by atoms with Crippen molar-refractivity contribution >= 4 is 17.3 Å². The molecule has 1 aliphatic heterocycles. The van der Waals surface area contributed by atoms with E-state index < -0.39 is 5.82 Å². The van der Waals surface area contributed by atoms with Crippen LogP contribution in [0.3, 0.4) is 0 Å². The van der Waals surface area contributed by atoms with Crippen molar-refractivity contribution in [3.8, 4) is 0 Å². The average molecular weight is 234 g/mol. The van der Waals surface area contributed by atoms with Crippen molar-refractivity contribution in [3.05, 3.63) is 30.1 Å². The van der Waals surface area contributed by atoms with Crippen LogP contribution in [0.25, 0.3) is 0 Å². The molecule has 1 aliphatic rings. The Labute approximate surface area is 99.9 Å². The lowest BCUT2D eigenvalue weighted by atomic mass is 10.1. The third kappa shape index (κ3) is 2.52. The Bertz CT molecular complexity index is 468. The number of rotatable bonds is 3. The number of hydrazone groups is 1. The maximum atomic E-state index is 13.5. The van der Waals surface area contributed by atoms with Gasteiger partial charge in [0.2, 0.25) is 0 Å². The Morgan fingerprint density at radius 1 is 1.41 bits per heavy atom. The van der Waals surface area contributed by atoms with Gasteiger partial charge in [0.05, 0.1) is 6.42 Å². The van der Waals surface area contributed by atoms with Gasteiger partial charge in [0.25, 0.3) is 5.91 Å². The van der Waals surface area contributed by atoms with Crippen molar-refractivity contribution in [1.29, 1.82) is 0 Å². The average Bonchev–Trinajstić information content (AvgIpc) is 2.59. The summed E-state index contributed by atoms with van der Waals surface area (Å²) in [5, 5.41) is 5.37. The van der Waals surface area contributed by atoms with Crippen molar-refractivity contribution < 1.29 is 9.18 Å². The van der Waals surface area contributed by atoms with E-state index in [0.29, 0.717) is 12.3 Å². The lowest BCUT2D eigenvalue weighted by Gasteiger charge is -2.11. The standard InChI is InChI=1S/C13H15FN2O/c1-9(2)7-10-8-13(17)16(15-10)12-6-4-3-5-11(12)14/h3-6,9H,7-8H2,1-2H3. The minimum Gasteiger partial charge on any atom is -0.272 e. The van der Waals surface area contributed by atoms with E-state index in [1.54, 1.807) is 18.2 Å². The quantitative estimate of drug-likeness (QED) is 0.791. The molecule has 0 atom stereocenters. The molecular weight excluding hydrogens is 219 g/mol. The second kappa shape index (κ2) is 4.65. The van der Waals surface area contributed by atoms with Crippen molar-refractivity contribution in [3.63, 3.8) is 0 Å². The van der Waals surface area contributed by atoms with Crippen molar-refractivity contribution in [2.24, 2.45) is 11.0 Å². The maximum absolute atomic E-state index is 13.5. The van der Waals surface area contributed by atoms with Crippen molar-refractivity contribution in [2.75, 3.05) is 5.01 Å². The first-order valence-electron chi connectivity index (χ1n) is 5.71. The van der Waals surface area contributed by atoms with Crippen LogP contribution in [0.5, 0.6) is 0 Å². The van der Waals surface area contributed by atoms with Crippen LogP contribution in [0.15, 0.2) is 29.4 Å². The SMILES string of the molecule is CC(C)CC1=NN(c2ccccc2F)C(=O)C1. The molecule has 1 heterocycles. The topological polar surface area (TPSA) is 32.7 Å². The molecule has 4 heteroatoms. The van der Waals surface area contributed by atoms with Crippen LogP contribution >= 0.6 is 0 Å². The van der Waals surface area contributed by atoms with Gasteiger partial charge in [-0.3, -0.25) is 4.79 Å². The summed E-state index contributed by atoms with van der Waals surface area (Å²) in [4.78, 5) is 11.8. The van der Waals surface area contributed by atoms with Crippen LogP contribution < -0.4 is 5.01 Å². The number of carbonyl (C=O) groups is 1. The Balaban J connectivity index is 2.25. The van der Waals surface area contributed by atoms with Crippen LogP contribution in [-0.2, 0) is 4.79 Å². The van der Waals surface area contributed by atoms with E-state index in [1.807, 2.05) is 0 Å². The molecule has 0 N–H and O–H groups in total. The molecule has 0 fully saturated rings. The van der Waals surface area contributed by atoms with Gasteiger partial charge in [0, 0.05) is 5.71 Å². The van der Waals surface area contributed by atoms with Gasteiger partial charge in [0.15, 0.2) is 0 Å². The first-order chi connectivity index (χ1) is 8.08. The monoisotopic (exact) mass is 234 g/mol. The normalized spacial score (nSPS) is 15.6. The van der Waals surface area contributed by atoms with Gasteiger partial charge in [-0.15, -0.1) is 0 Å². The summed E-state index contributed by atoms with van der Waals surface area (Å²) in [7, 11) is 0. The molecule has 0 bridgehead atoms. The molecule has 0 radical (unpaired) electrons. The summed E-state index contributed by atoms with van der Waals surface area (Å²) in [6.45, 7) is 4.14. The highest BCUT2D eigenvalue weighted by molar-refractivity contribution is 6.13. The summed E-state index contributed by atoms with van der Waals surface area (Å²) in [6, 6.07) is 6.19. The predicted molar refractivity (Wildman–Crippen MR) is 65.4 cm³/mol. The summed E-state index contributed by atoms with van der Waals surface area (Å²) >= 11 is 0. The molecule has 0 aromatic heterocycles. The van der Waals surface area contributed by atoms with Crippen LogP contribution in [0.1, 0.15) is 26.7 Å². The molecule has 0 spiro atoms. The van der Waals surface area contributed by atoms with E-state index in [0.717, 1.165) is 12.1 Å². The van der Waals surface area contributed by atoms with E-state index in [-0.39, 0.29) is 11.6 Å². The predicted octanol–water partition coefficient (Wildman–Crippen LogP) is 2.96. The minimum atomic E-state index is -0.421. The lowest BCUT2D eigenvalue weighted by Crippen LogP contribution is -2.20. The van der Waals surface area contributed by atoms with Crippen molar-refractivity contribution in [1.82, 2.24) is 0 Å². The molecule has 90 valence electrons. The number of hydrogen-bond acceptors (Lipinski definition) is 2. The zero-order chi connectivity index (χ0) is 12.4. The Kier molecular flexibility index (Phi) is 3.22. The van der Waals surface area contributed by atoms with Gasteiger partial charge < -0.3 is 0 Å². The fourth-order valence-electron chi connectivity index (χ4n) is 1.88. The maximum Gasteiger partial charge on any atom is 0.253 e. The zero-order valence-electron chi connectivity index (χ0n) is 9.98. The van der Waals surface area contributed by atoms with Gasteiger partial charge >= 0.3 is 0 Å². The molecule has 2 rings (SSSR count). The van der Waals surface area contributed by atoms with Crippen LogP contribution in [0, 0.1) is 11.7 Å². The van der Waals surface area contributed by atoms with Gasteiger partial charge in [0.1, 0.15) is 11.5 Å². The third-order valence-electron chi connectivity index (χ3n) is 2.56. The first kappa shape index (κ1) is 11.8. The molecule has 1 aromatic carbocycles. The smallest absolute Gasteiger partial charge is 0.253 e. The van der Waals surface area contributed by atoms with E-state index in [9.17, 15) is 9.18 Å². The molecule has 0 aliphatic carbocycles. The third-order valence-corrected chi connectivity index (χ3v) is 2.56. The molecule has 17 heavy (non-hydrogen) atoms. The number of nitrogens with zero attached hydrogens (tertiary/aromatic N) is 2. The zero-order valence-corrected chi connectivity index (χ0v) is 9.98. The molecular formula is C13H15FN2O. The number of hydrogen-bond donors (Lipinski definition) is 0. The van der Waals surface area contributed by atoms with Crippen LogP contribution in [-0.4, -0.2) is 11.6 Å². The van der Waals surface area contributed by atoms with E-state index in [4.69, 9.17) is 0 Å². The highest BCUT2D eigenvalue weighted by Crippen LogP contribution is 2.24. The van der Waals surface area contributed by atoms with Crippen LogP contribution in [0.4, 0.5) is 10.1 Å². The van der Waals surface area contributed by atoms with Gasteiger partial charge in [-0.05, 0) is 24.5 Å². The number of para-hydroxylation sites is 1. The Hall–Kier alpha value is -1.71. The van der Waals surface area contributed by atoms with Gasteiger partial charge in [-0.2, -0.15) is 10.1 Å². The number of benzene rings is 1. The molecule has 0 saturated heterocycles. The molecule has 0 unspecified atom stereocenters. The summed E-state index contributed by atoms with van der Waals surface area (Å²) < 4.78 is 13.5. The van der Waals surface area contributed by atoms with Gasteiger partial charge in [-0.1, -0.05) is 26.0 Å². The number of carbonyl (C=O) groups excluding carboxylic acids is 1. The van der Waals surface area contributed by atoms with Gasteiger partial charge in [-0.25, -0.2) is 4.39 Å². The molecule has 0 saturated carbocycles. The number of anilines is 1. The van der Waals surface area contributed by atoms with E-state index >= 15 is 0 Å². The highest BCUT2D eigenvalue weighted by Gasteiger charge is 2.26. The highest BCUT2D eigenvalue weighted by atomic mass is 19.1. The Morgan fingerprint density at radius 2 is 2.12 bits per heavy atom. The van der Waals surface area contributed by atoms with Crippen LogP contribution in [0.2, 0.25) is 0 Å². The molecule has 3 nitrogen and oxygen atoms in total. The first-order valence-corrected chi connectivity index (χ1v) is 5.71. The summed E-state index contributed by atoms with van der Waals surface area (Å²) in [6.07, 6.45) is 1.07. The minimum absolute atomic E-state index is 0.161. The molecule has 1 aromatic rings. The molecule has 1 amide bonds. The fourth-order valence-corrected chi connectivity index (χ4v) is 1.88. The van der Waals surface area contributed by atoms with Crippen molar-refractivity contribution in [2.45, 2.75) is 26.7 Å². The van der Waals surface area contributed by atoms with E-state index in [1.165, 1.54) is 11.1 Å². The summed E-state index contributed by atoms with van der Waals surface area (Å²) in [5.41, 5.74) is 1.06. The Morgan fingerprint density at radius 3 is 2.76 bits per heavy atom. The largest absolute Gasteiger partial charge is 0.272 e. The fraction of sp³-hybridized carbons (Fsp3) is 0.385. The second-order valence-corrected chi connectivity index (χ2v) is 4.60. The summed E-state index contributed by atoms with van der Waals surface area (Å²) in [5.74, 6) is -0.136. The number of halogens is 1.